The number of rotatable bonds is 1. The Morgan fingerprint density at radius 1 is 1.46 bits per heavy atom. The molecule has 0 fully saturated rings. The molecule has 0 amide bonds. The summed E-state index contributed by atoms with van der Waals surface area (Å²) in [5, 5.41) is 0. The summed E-state index contributed by atoms with van der Waals surface area (Å²) in [5.74, 6) is 0.378. The molecule has 0 atom stereocenters. The number of benzene rings is 1. The summed E-state index contributed by atoms with van der Waals surface area (Å²) in [7, 11) is 0. The molecule has 1 aliphatic rings. The van der Waals surface area contributed by atoms with Gasteiger partial charge in [0.05, 0.1) is 6.61 Å². The lowest BCUT2D eigenvalue weighted by atomic mass is 10.1. The van der Waals surface area contributed by atoms with E-state index in [0.717, 1.165) is 5.56 Å². The maximum absolute atomic E-state index is 13.2. The fraction of sp³-hybridized carbons (Fsp3) is 0.333. The maximum atomic E-state index is 13.2. The average Bonchev–Trinajstić information content (AvgIpc) is 2.17. The molecule has 1 heterocycles. The van der Waals surface area contributed by atoms with Crippen molar-refractivity contribution in [2.45, 2.75) is 13.2 Å². The van der Waals surface area contributed by atoms with Gasteiger partial charge in [-0.1, -0.05) is 0 Å². The van der Waals surface area contributed by atoms with Gasteiger partial charge in [-0.25, -0.2) is 4.39 Å². The molecule has 0 spiro atoms. The summed E-state index contributed by atoms with van der Waals surface area (Å²) in [6.07, 6.45) is 0. The van der Waals surface area contributed by atoms with Gasteiger partial charge in [-0.15, -0.1) is 0 Å². The summed E-state index contributed by atoms with van der Waals surface area (Å²) >= 11 is 0. The number of ether oxygens (including phenoxy) is 2. The van der Waals surface area contributed by atoms with E-state index < -0.39 is 0 Å². The molecule has 1 aromatic rings. The molecule has 13 heavy (non-hydrogen) atoms. The first-order valence-corrected chi connectivity index (χ1v) is 4.03. The van der Waals surface area contributed by atoms with Gasteiger partial charge in [0.25, 0.3) is 0 Å². The van der Waals surface area contributed by atoms with E-state index in [1.54, 1.807) is 6.07 Å². The summed E-state index contributed by atoms with van der Waals surface area (Å²) in [6, 6.07) is 3.05. The van der Waals surface area contributed by atoms with Crippen molar-refractivity contribution in [1.29, 1.82) is 0 Å². The Morgan fingerprint density at radius 3 is 3.08 bits per heavy atom. The number of hydrogen-bond acceptors (Lipinski definition) is 3. The second kappa shape index (κ2) is 3.32. The molecule has 70 valence electrons. The SMILES string of the molecule is NCc1cc2c(cc1F)COCO2. The van der Waals surface area contributed by atoms with Gasteiger partial charge >= 0.3 is 0 Å². The molecule has 0 aliphatic carbocycles. The number of hydrogen-bond donors (Lipinski definition) is 1. The zero-order valence-electron chi connectivity index (χ0n) is 7.05. The Morgan fingerprint density at radius 2 is 2.31 bits per heavy atom. The lowest BCUT2D eigenvalue weighted by Crippen LogP contribution is -2.13. The van der Waals surface area contributed by atoms with Gasteiger partial charge in [0.1, 0.15) is 11.6 Å². The molecule has 0 saturated carbocycles. The topological polar surface area (TPSA) is 44.5 Å². The normalized spacial score (nSPS) is 14.9. The van der Waals surface area contributed by atoms with E-state index in [1.165, 1.54) is 6.07 Å². The van der Waals surface area contributed by atoms with Crippen LogP contribution in [0.1, 0.15) is 11.1 Å². The van der Waals surface area contributed by atoms with Crippen molar-refractivity contribution in [2.75, 3.05) is 6.79 Å². The molecule has 1 aromatic carbocycles. The molecule has 0 unspecified atom stereocenters. The van der Waals surface area contributed by atoms with Gasteiger partial charge in [-0.05, 0) is 12.1 Å². The van der Waals surface area contributed by atoms with Crippen LogP contribution in [0, 0.1) is 5.82 Å². The molecule has 0 radical (unpaired) electrons. The predicted octanol–water partition coefficient (Wildman–Crippen LogP) is 1.15. The van der Waals surface area contributed by atoms with Gasteiger partial charge in [0, 0.05) is 17.7 Å². The van der Waals surface area contributed by atoms with Crippen molar-refractivity contribution in [3.05, 3.63) is 29.1 Å². The van der Waals surface area contributed by atoms with Gasteiger partial charge in [0.15, 0.2) is 6.79 Å². The maximum Gasteiger partial charge on any atom is 0.189 e. The minimum absolute atomic E-state index is 0.184. The highest BCUT2D eigenvalue weighted by Crippen LogP contribution is 2.26. The first-order valence-electron chi connectivity index (χ1n) is 4.03. The molecule has 0 aromatic heterocycles. The Hall–Kier alpha value is -1.13. The van der Waals surface area contributed by atoms with E-state index >= 15 is 0 Å². The highest BCUT2D eigenvalue weighted by atomic mass is 19.1. The Labute approximate surface area is 75.3 Å². The molecule has 1 aliphatic heterocycles. The lowest BCUT2D eigenvalue weighted by molar-refractivity contribution is -0.0166. The quantitative estimate of drug-likeness (QED) is 0.710. The van der Waals surface area contributed by atoms with E-state index in [4.69, 9.17) is 15.2 Å². The summed E-state index contributed by atoms with van der Waals surface area (Å²) in [6.45, 7) is 0.809. The minimum atomic E-state index is -0.296. The van der Waals surface area contributed by atoms with Gasteiger partial charge in [-0.2, -0.15) is 0 Å². The number of fused-ring (bicyclic) bond motifs is 1. The fourth-order valence-electron chi connectivity index (χ4n) is 1.30. The van der Waals surface area contributed by atoms with E-state index in [2.05, 4.69) is 0 Å². The zero-order chi connectivity index (χ0) is 9.26. The number of nitrogens with two attached hydrogens (primary N) is 1. The zero-order valence-corrected chi connectivity index (χ0v) is 7.05. The highest BCUT2D eigenvalue weighted by molar-refractivity contribution is 5.38. The lowest BCUT2D eigenvalue weighted by Gasteiger charge is -2.18. The van der Waals surface area contributed by atoms with Crippen LogP contribution < -0.4 is 10.5 Å². The van der Waals surface area contributed by atoms with Gasteiger partial charge < -0.3 is 15.2 Å². The predicted molar refractivity (Wildman–Crippen MR) is 44.6 cm³/mol. The van der Waals surface area contributed by atoms with Crippen LogP contribution in [0.25, 0.3) is 0 Å². The van der Waals surface area contributed by atoms with E-state index in [9.17, 15) is 4.39 Å². The standard InChI is InChI=1S/C9H10FNO2/c10-8-1-7-4-12-5-13-9(7)2-6(8)3-11/h1-2H,3-5,11H2. The van der Waals surface area contributed by atoms with Crippen molar-refractivity contribution in [2.24, 2.45) is 5.73 Å². The van der Waals surface area contributed by atoms with Crippen molar-refractivity contribution in [3.63, 3.8) is 0 Å². The summed E-state index contributed by atoms with van der Waals surface area (Å²) in [4.78, 5) is 0. The highest BCUT2D eigenvalue weighted by Gasteiger charge is 2.13. The molecule has 0 bridgehead atoms. The van der Waals surface area contributed by atoms with Crippen molar-refractivity contribution in [3.8, 4) is 5.75 Å². The number of halogens is 1. The van der Waals surface area contributed by atoms with E-state index in [1.807, 2.05) is 0 Å². The van der Waals surface area contributed by atoms with Crippen molar-refractivity contribution >= 4 is 0 Å². The van der Waals surface area contributed by atoms with Crippen LogP contribution in [0.4, 0.5) is 4.39 Å². The molecular weight excluding hydrogens is 173 g/mol. The summed E-state index contributed by atoms with van der Waals surface area (Å²) in [5.41, 5.74) is 6.57. The van der Waals surface area contributed by atoms with Crippen LogP contribution in [0.15, 0.2) is 12.1 Å². The molecule has 4 heteroatoms. The second-order valence-corrected chi connectivity index (χ2v) is 2.87. The van der Waals surface area contributed by atoms with Gasteiger partial charge in [0.2, 0.25) is 0 Å². The monoisotopic (exact) mass is 183 g/mol. The fourth-order valence-corrected chi connectivity index (χ4v) is 1.30. The van der Waals surface area contributed by atoms with E-state index in [0.29, 0.717) is 17.9 Å². The third-order valence-electron chi connectivity index (χ3n) is 2.00. The molecule has 0 saturated heterocycles. The Balaban J connectivity index is 2.44. The Bertz CT molecular complexity index is 328. The van der Waals surface area contributed by atoms with Crippen LogP contribution in [0.3, 0.4) is 0 Å². The molecule has 3 nitrogen and oxygen atoms in total. The second-order valence-electron chi connectivity index (χ2n) is 2.87. The first kappa shape index (κ1) is 8.47. The largest absolute Gasteiger partial charge is 0.467 e. The Kier molecular flexibility index (Phi) is 2.16. The van der Waals surface area contributed by atoms with Crippen LogP contribution in [-0.2, 0) is 17.9 Å². The average molecular weight is 183 g/mol. The summed E-state index contributed by atoms with van der Waals surface area (Å²) < 4.78 is 23.4. The van der Waals surface area contributed by atoms with Crippen molar-refractivity contribution < 1.29 is 13.9 Å². The van der Waals surface area contributed by atoms with Crippen LogP contribution >= 0.6 is 0 Å². The van der Waals surface area contributed by atoms with Crippen molar-refractivity contribution in [1.82, 2.24) is 0 Å². The van der Waals surface area contributed by atoms with Crippen LogP contribution in [0.2, 0.25) is 0 Å². The molecule has 2 rings (SSSR count). The molecule has 2 N–H and O–H groups in total. The molecular formula is C9H10FNO2. The van der Waals surface area contributed by atoms with Crippen LogP contribution in [0.5, 0.6) is 5.75 Å². The van der Waals surface area contributed by atoms with Gasteiger partial charge in [-0.3, -0.25) is 0 Å². The minimum Gasteiger partial charge on any atom is -0.467 e. The third-order valence-corrected chi connectivity index (χ3v) is 2.00. The smallest absolute Gasteiger partial charge is 0.189 e. The van der Waals surface area contributed by atoms with E-state index in [-0.39, 0.29) is 19.2 Å². The third kappa shape index (κ3) is 1.50. The first-order chi connectivity index (χ1) is 6.31. The van der Waals surface area contributed by atoms with Crippen LogP contribution in [-0.4, -0.2) is 6.79 Å².